The molecule has 0 aromatic heterocycles. The Morgan fingerprint density at radius 3 is 1.33 bits per heavy atom. The molecule has 1 fully saturated rings. The zero-order valence-corrected chi connectivity index (χ0v) is 48.6. The molecule has 0 aliphatic carbocycles. The smallest absolute Gasteiger partial charge is 0.173 e. The number of hydrogen-bond acceptors (Lipinski definition) is 14. The van der Waals surface area contributed by atoms with Crippen LogP contribution in [-0.2, 0) is 41.4 Å². The van der Waals surface area contributed by atoms with Crippen molar-refractivity contribution in [2.24, 2.45) is 5.73 Å². The molecule has 0 aromatic carbocycles. The summed E-state index contributed by atoms with van der Waals surface area (Å²) in [5.41, 5.74) is 5.16. The summed E-state index contributed by atoms with van der Waals surface area (Å²) in [6, 6.07) is 7.68. The summed E-state index contributed by atoms with van der Waals surface area (Å²) in [6.45, 7) is 42.9. The van der Waals surface area contributed by atoms with Gasteiger partial charge in [-0.2, -0.15) is 0 Å². The minimum absolute atomic E-state index is 0. The predicted octanol–water partition coefficient (Wildman–Crippen LogP) is 7.30. The molecule has 0 radical (unpaired) electrons. The van der Waals surface area contributed by atoms with Crippen molar-refractivity contribution in [3.63, 3.8) is 0 Å². The van der Waals surface area contributed by atoms with Gasteiger partial charge in [-0.1, -0.05) is 58.8 Å². The highest BCUT2D eigenvalue weighted by Gasteiger charge is 2.35. The molecular weight excluding hydrogens is 905 g/mol. The van der Waals surface area contributed by atoms with Crippen molar-refractivity contribution in [3.05, 3.63) is 0 Å². The van der Waals surface area contributed by atoms with Crippen LogP contribution < -0.4 is 11.1 Å². The fourth-order valence-corrected chi connectivity index (χ4v) is 32.6. The van der Waals surface area contributed by atoms with Gasteiger partial charge in [0.2, 0.25) is 0 Å². The first-order chi connectivity index (χ1) is 28.8. The third-order valence-electron chi connectivity index (χ3n) is 9.49. The van der Waals surface area contributed by atoms with Crippen LogP contribution in [0.1, 0.15) is 20.3 Å². The monoisotopic (exact) mass is 1010 g/mol. The van der Waals surface area contributed by atoms with Crippen molar-refractivity contribution < 1.29 is 56.7 Å². The lowest BCUT2D eigenvalue weighted by Gasteiger charge is -2.35. The highest BCUT2D eigenvalue weighted by molar-refractivity contribution is 6.87. The maximum atomic E-state index is 10.0. The zero-order valence-electron chi connectivity index (χ0n) is 42.6. The summed E-state index contributed by atoms with van der Waals surface area (Å²) in [7, 11) is -8.23. The Bertz CT molecular complexity index is 1020. The molecule has 14 nitrogen and oxygen atoms in total. The van der Waals surface area contributed by atoms with Gasteiger partial charge in [0.1, 0.15) is 6.10 Å². The average molecular weight is 1010 g/mol. The number of nitrogens with one attached hydrogen (secondary N) is 1. The molecule has 1 saturated heterocycles. The van der Waals surface area contributed by atoms with Gasteiger partial charge in [-0.3, -0.25) is 0 Å². The van der Waals surface area contributed by atoms with Gasteiger partial charge in [0, 0.05) is 49.0 Å². The fraction of sp³-hybridized carbons (Fsp3) is 1.00. The van der Waals surface area contributed by atoms with E-state index in [1.54, 1.807) is 0 Å². The van der Waals surface area contributed by atoms with E-state index < -0.39 is 55.5 Å². The van der Waals surface area contributed by atoms with Crippen LogP contribution in [0.2, 0.25) is 128 Å². The van der Waals surface area contributed by atoms with E-state index in [1.165, 1.54) is 30.2 Å². The standard InChI is InChI=1S/C21H51NO6Si3.C15H36O3Si3.C6H15NO3.CH4/c1-29(2,3)17-18-31(6,7)28-30(4,5)16-8-11-27-20-21(24)19-22-9-12-25-14-15-26-13-10-23;1-19(2,3)11-12-21(6,7)18-20(4,5)10-8-9-16-13-15-14-17-15;7-1-3-9-5-6-10-4-2-8;/h21-24H,8-20H2,1-7H3;15H,8-14H2,1-7H3;8H,1-7H2;1H4. The Kier molecular flexibility index (Phi) is 41.6. The van der Waals surface area contributed by atoms with E-state index in [4.69, 9.17) is 57.3 Å². The van der Waals surface area contributed by atoms with Gasteiger partial charge < -0.3 is 67.8 Å². The van der Waals surface area contributed by atoms with Crippen molar-refractivity contribution >= 4 is 49.4 Å². The predicted molar refractivity (Wildman–Crippen MR) is 280 cm³/mol. The van der Waals surface area contributed by atoms with Crippen LogP contribution in [0.25, 0.3) is 0 Å². The zero-order chi connectivity index (χ0) is 47.6. The Balaban J connectivity index is -0.000000964. The summed E-state index contributed by atoms with van der Waals surface area (Å²) < 4.78 is 50.2. The first-order valence-corrected chi connectivity index (χ1v) is 43.4. The summed E-state index contributed by atoms with van der Waals surface area (Å²) in [6.07, 6.45) is 2.00. The van der Waals surface area contributed by atoms with Gasteiger partial charge in [-0.15, -0.1) is 0 Å². The molecule has 20 heteroatoms. The van der Waals surface area contributed by atoms with Crippen LogP contribution in [0.4, 0.5) is 0 Å². The molecule has 1 rings (SSSR count). The van der Waals surface area contributed by atoms with Gasteiger partial charge in [0.25, 0.3) is 0 Å². The van der Waals surface area contributed by atoms with Crippen LogP contribution >= 0.6 is 0 Å². The number of aliphatic hydroxyl groups is 3. The second-order valence-electron chi connectivity index (χ2n) is 21.2. The first-order valence-electron chi connectivity index (χ1n) is 23.6. The van der Waals surface area contributed by atoms with E-state index in [9.17, 15) is 5.11 Å². The molecule has 6 N–H and O–H groups in total. The molecule has 0 bridgehead atoms. The van der Waals surface area contributed by atoms with Gasteiger partial charge in [0.05, 0.1) is 92.0 Å². The van der Waals surface area contributed by atoms with Crippen molar-refractivity contribution in [1.82, 2.24) is 5.32 Å². The molecular formula is C43H106N2O12Si6. The molecule has 2 unspecified atom stereocenters. The van der Waals surface area contributed by atoms with Crippen LogP contribution in [0.15, 0.2) is 0 Å². The number of rotatable bonds is 39. The minimum atomic E-state index is -1.67. The number of hydrogen-bond donors (Lipinski definition) is 5. The number of epoxide rings is 1. The number of aliphatic hydroxyl groups excluding tert-OH is 3. The second kappa shape index (κ2) is 38.6. The van der Waals surface area contributed by atoms with Crippen LogP contribution in [0, 0.1) is 0 Å². The van der Waals surface area contributed by atoms with E-state index in [0.717, 1.165) is 38.7 Å². The number of nitrogens with two attached hydrogens (primary N) is 1. The van der Waals surface area contributed by atoms with E-state index in [0.29, 0.717) is 91.8 Å². The maximum Gasteiger partial charge on any atom is 0.173 e. The van der Waals surface area contributed by atoms with E-state index in [-0.39, 0.29) is 20.6 Å². The Morgan fingerprint density at radius 1 is 0.540 bits per heavy atom. The van der Waals surface area contributed by atoms with E-state index >= 15 is 0 Å². The average Bonchev–Trinajstić information content (AvgIpc) is 3.97. The molecule has 2 atom stereocenters. The molecule has 63 heavy (non-hydrogen) atoms. The normalized spacial score (nSPS) is 15.2. The largest absolute Gasteiger partial charge is 0.456 e. The molecule has 1 aliphatic rings. The highest BCUT2D eigenvalue weighted by atomic mass is 28.4. The highest BCUT2D eigenvalue weighted by Crippen LogP contribution is 2.28. The molecule has 0 amide bonds. The summed E-state index contributed by atoms with van der Waals surface area (Å²) in [4.78, 5) is 0. The van der Waals surface area contributed by atoms with Gasteiger partial charge in [0.15, 0.2) is 33.3 Å². The van der Waals surface area contributed by atoms with Crippen molar-refractivity contribution in [2.45, 2.75) is 160 Å². The summed E-state index contributed by atoms with van der Waals surface area (Å²) >= 11 is 0. The lowest BCUT2D eigenvalue weighted by molar-refractivity contribution is 0.0276. The second-order valence-corrected chi connectivity index (χ2v) is 50.2. The van der Waals surface area contributed by atoms with E-state index in [1.807, 2.05) is 0 Å². The molecule has 0 aromatic rings. The van der Waals surface area contributed by atoms with Crippen LogP contribution in [0.3, 0.4) is 0 Å². The molecule has 1 heterocycles. The third kappa shape index (κ3) is 53.6. The molecule has 384 valence electrons. The Morgan fingerprint density at radius 2 is 0.937 bits per heavy atom. The van der Waals surface area contributed by atoms with E-state index in [2.05, 4.69) is 97.0 Å². The summed E-state index contributed by atoms with van der Waals surface area (Å²) in [5.74, 6) is 0. The molecule has 1 aliphatic heterocycles. The Labute approximate surface area is 394 Å². The summed E-state index contributed by atoms with van der Waals surface area (Å²) in [5, 5.41) is 30.0. The SMILES string of the molecule is C.C[Si](C)(C)CC[Si](C)(C)O[Si](C)(C)CCCOCC(O)CNCCOCCOCCO.C[Si](C)(C)CC[Si](C)(C)O[Si](C)(C)CCCOCC1CO1.NCCOCCOCCO. The van der Waals surface area contributed by atoms with Crippen LogP contribution in [-0.4, -0.2) is 196 Å². The third-order valence-corrected chi connectivity index (χ3v) is 28.9. The number of ether oxygens (including phenoxy) is 7. The van der Waals surface area contributed by atoms with Crippen molar-refractivity contribution in [3.8, 4) is 0 Å². The van der Waals surface area contributed by atoms with Crippen molar-refractivity contribution in [2.75, 3.05) is 119 Å². The quantitative estimate of drug-likeness (QED) is 0.0235. The first kappa shape index (κ1) is 68.0. The minimum Gasteiger partial charge on any atom is -0.456 e. The van der Waals surface area contributed by atoms with Crippen molar-refractivity contribution in [1.29, 1.82) is 0 Å². The van der Waals surface area contributed by atoms with Gasteiger partial charge >= 0.3 is 0 Å². The maximum absolute atomic E-state index is 10.0. The topological polar surface area (TPSA) is 185 Å². The molecule has 0 spiro atoms. The van der Waals surface area contributed by atoms with Gasteiger partial charge in [-0.05, 0) is 89.4 Å². The lowest BCUT2D eigenvalue weighted by atomic mass is 10.4. The lowest BCUT2D eigenvalue weighted by Crippen LogP contribution is -2.45. The fourth-order valence-electron chi connectivity index (χ4n) is 6.18. The van der Waals surface area contributed by atoms with Gasteiger partial charge in [-0.25, -0.2) is 0 Å². The molecule has 0 saturated carbocycles. The van der Waals surface area contributed by atoms with Crippen LogP contribution in [0.5, 0.6) is 0 Å². The Hall–Kier alpha value is 0.741.